The number of fused-ring (bicyclic) bond motifs is 1. The number of para-hydroxylation sites is 2. The van der Waals surface area contributed by atoms with E-state index in [1.807, 2.05) is 61.2 Å². The first-order valence-corrected chi connectivity index (χ1v) is 13.0. The van der Waals surface area contributed by atoms with Crippen LogP contribution in [0, 0.1) is 13.8 Å². The number of nitrogens with one attached hydrogen (secondary N) is 1. The third-order valence-corrected chi connectivity index (χ3v) is 6.36. The van der Waals surface area contributed by atoms with Crippen LogP contribution in [0.4, 0.5) is 0 Å². The van der Waals surface area contributed by atoms with E-state index in [9.17, 15) is 9.59 Å². The quantitative estimate of drug-likeness (QED) is 0.334. The predicted molar refractivity (Wildman–Crippen MR) is 143 cm³/mol. The maximum absolute atomic E-state index is 13.1. The summed E-state index contributed by atoms with van der Waals surface area (Å²) in [6.45, 7) is 10.8. The highest BCUT2D eigenvalue weighted by molar-refractivity contribution is 5.95. The molecule has 188 valence electrons. The summed E-state index contributed by atoms with van der Waals surface area (Å²) >= 11 is 0. The van der Waals surface area contributed by atoms with Crippen LogP contribution in [-0.4, -0.2) is 45.9 Å². The van der Waals surface area contributed by atoms with Gasteiger partial charge in [0.2, 0.25) is 5.91 Å². The Morgan fingerprint density at radius 2 is 1.71 bits per heavy atom. The van der Waals surface area contributed by atoms with E-state index >= 15 is 0 Å². The van der Waals surface area contributed by atoms with Gasteiger partial charge in [0.15, 0.2) is 0 Å². The molecule has 0 radical (unpaired) electrons. The van der Waals surface area contributed by atoms with Crippen molar-refractivity contribution in [3.63, 3.8) is 0 Å². The number of unbranched alkanes of at least 4 members (excludes halogenated alkanes) is 2. The fourth-order valence-corrected chi connectivity index (χ4v) is 4.58. The van der Waals surface area contributed by atoms with Gasteiger partial charge in [0.05, 0.1) is 11.0 Å². The molecule has 1 N–H and O–H groups in total. The number of rotatable bonds is 13. The molecular weight excluding hydrogens is 436 g/mol. The van der Waals surface area contributed by atoms with Crippen molar-refractivity contribution in [2.75, 3.05) is 19.6 Å². The van der Waals surface area contributed by atoms with Crippen LogP contribution in [-0.2, 0) is 17.8 Å². The average Bonchev–Trinajstić information content (AvgIpc) is 3.18. The van der Waals surface area contributed by atoms with Gasteiger partial charge < -0.3 is 14.8 Å². The van der Waals surface area contributed by atoms with Crippen LogP contribution >= 0.6 is 0 Å². The SMILES string of the molecule is CCCN(CCC)C(=O)Cn1c(CCCCCNC(=O)c2ccc(C)cc2C)nc2ccccc21. The lowest BCUT2D eigenvalue weighted by molar-refractivity contribution is -0.131. The van der Waals surface area contributed by atoms with E-state index < -0.39 is 0 Å². The summed E-state index contributed by atoms with van der Waals surface area (Å²) in [6, 6.07) is 14.0. The third kappa shape index (κ3) is 7.17. The molecule has 0 aliphatic carbocycles. The zero-order valence-electron chi connectivity index (χ0n) is 21.8. The molecule has 0 aliphatic heterocycles. The van der Waals surface area contributed by atoms with Crippen LogP contribution in [0.5, 0.6) is 0 Å². The average molecular weight is 477 g/mol. The molecule has 6 heteroatoms. The molecule has 2 aromatic carbocycles. The second-order valence-corrected chi connectivity index (χ2v) is 9.37. The molecule has 0 saturated heterocycles. The number of aromatic nitrogens is 2. The van der Waals surface area contributed by atoms with Crippen LogP contribution in [0.25, 0.3) is 11.0 Å². The zero-order chi connectivity index (χ0) is 25.2. The second-order valence-electron chi connectivity index (χ2n) is 9.37. The number of aryl methyl sites for hydroxylation is 3. The van der Waals surface area contributed by atoms with Crippen LogP contribution < -0.4 is 5.32 Å². The largest absolute Gasteiger partial charge is 0.352 e. The van der Waals surface area contributed by atoms with Crippen molar-refractivity contribution in [1.29, 1.82) is 0 Å². The fraction of sp³-hybridized carbons (Fsp3) is 0.483. The molecule has 0 aliphatic rings. The first-order chi connectivity index (χ1) is 16.9. The van der Waals surface area contributed by atoms with E-state index in [0.717, 1.165) is 85.2 Å². The Morgan fingerprint density at radius 3 is 2.43 bits per heavy atom. The topological polar surface area (TPSA) is 67.2 Å². The van der Waals surface area contributed by atoms with Gasteiger partial charge >= 0.3 is 0 Å². The van der Waals surface area contributed by atoms with E-state index in [4.69, 9.17) is 4.98 Å². The molecule has 2 amide bonds. The van der Waals surface area contributed by atoms with E-state index in [1.165, 1.54) is 0 Å². The Kier molecular flexibility index (Phi) is 9.88. The van der Waals surface area contributed by atoms with Gasteiger partial charge in [-0.15, -0.1) is 0 Å². The van der Waals surface area contributed by atoms with E-state index in [1.54, 1.807) is 0 Å². The van der Waals surface area contributed by atoms with Gasteiger partial charge in [-0.3, -0.25) is 9.59 Å². The van der Waals surface area contributed by atoms with Crippen molar-refractivity contribution in [3.05, 3.63) is 65.0 Å². The standard InChI is InChI=1S/C29H40N4O2/c1-5-18-32(19-6-2)28(34)21-33-26-13-10-9-12-25(26)31-27(33)14-8-7-11-17-30-29(35)24-16-15-22(3)20-23(24)4/h9-10,12-13,15-16,20H,5-8,11,14,17-19,21H2,1-4H3,(H,30,35). The lowest BCUT2D eigenvalue weighted by atomic mass is 10.1. The highest BCUT2D eigenvalue weighted by atomic mass is 16.2. The summed E-state index contributed by atoms with van der Waals surface area (Å²) in [5.74, 6) is 1.12. The number of carbonyl (C=O) groups excluding carboxylic acids is 2. The van der Waals surface area contributed by atoms with E-state index in [0.29, 0.717) is 13.1 Å². The van der Waals surface area contributed by atoms with Gasteiger partial charge in [-0.05, 0) is 63.3 Å². The lowest BCUT2D eigenvalue weighted by Gasteiger charge is -2.22. The molecule has 0 unspecified atom stereocenters. The fourth-order valence-electron chi connectivity index (χ4n) is 4.58. The monoisotopic (exact) mass is 476 g/mol. The number of amides is 2. The summed E-state index contributed by atoms with van der Waals surface area (Å²) in [5.41, 5.74) is 4.87. The number of benzene rings is 2. The maximum Gasteiger partial charge on any atom is 0.251 e. The summed E-state index contributed by atoms with van der Waals surface area (Å²) in [7, 11) is 0. The Balaban J connectivity index is 1.55. The molecule has 0 atom stereocenters. The van der Waals surface area contributed by atoms with Crippen LogP contribution in [0.15, 0.2) is 42.5 Å². The van der Waals surface area contributed by atoms with E-state index in [2.05, 4.69) is 23.7 Å². The molecule has 0 fully saturated rings. The summed E-state index contributed by atoms with van der Waals surface area (Å²) in [4.78, 5) is 32.3. The molecule has 6 nitrogen and oxygen atoms in total. The minimum absolute atomic E-state index is 0.00785. The van der Waals surface area contributed by atoms with Crippen LogP contribution in [0.3, 0.4) is 0 Å². The molecule has 3 rings (SSSR count). The smallest absolute Gasteiger partial charge is 0.251 e. The molecule has 3 aromatic rings. The van der Waals surface area contributed by atoms with Crippen molar-refractivity contribution in [2.45, 2.75) is 72.8 Å². The maximum atomic E-state index is 13.1. The van der Waals surface area contributed by atoms with E-state index in [-0.39, 0.29) is 11.8 Å². The predicted octanol–water partition coefficient (Wildman–Crippen LogP) is 5.44. The number of hydrogen-bond acceptors (Lipinski definition) is 3. The van der Waals surface area contributed by atoms with Crippen molar-refractivity contribution >= 4 is 22.8 Å². The summed E-state index contributed by atoms with van der Waals surface area (Å²) in [6.07, 6.45) is 5.60. The van der Waals surface area contributed by atoms with Crippen LogP contribution in [0.1, 0.15) is 73.3 Å². The van der Waals surface area contributed by atoms with Gasteiger partial charge in [0, 0.05) is 31.6 Å². The minimum Gasteiger partial charge on any atom is -0.352 e. The number of nitrogens with zero attached hydrogens (tertiary/aromatic N) is 3. The molecule has 0 saturated carbocycles. The minimum atomic E-state index is -0.00785. The highest BCUT2D eigenvalue weighted by Gasteiger charge is 2.17. The number of carbonyl (C=O) groups is 2. The lowest BCUT2D eigenvalue weighted by Crippen LogP contribution is -2.35. The van der Waals surface area contributed by atoms with Gasteiger partial charge in [-0.1, -0.05) is 50.1 Å². The van der Waals surface area contributed by atoms with Crippen molar-refractivity contribution in [1.82, 2.24) is 19.8 Å². The molecule has 0 bridgehead atoms. The van der Waals surface area contributed by atoms with Crippen molar-refractivity contribution in [3.8, 4) is 0 Å². The van der Waals surface area contributed by atoms with Crippen LogP contribution in [0.2, 0.25) is 0 Å². The zero-order valence-corrected chi connectivity index (χ0v) is 21.8. The van der Waals surface area contributed by atoms with Crippen molar-refractivity contribution < 1.29 is 9.59 Å². The Morgan fingerprint density at radius 1 is 0.971 bits per heavy atom. The Hall–Kier alpha value is -3.15. The molecule has 1 heterocycles. The molecular formula is C29H40N4O2. The summed E-state index contributed by atoms with van der Waals surface area (Å²) < 4.78 is 2.10. The Bertz CT molecular complexity index is 1130. The highest BCUT2D eigenvalue weighted by Crippen LogP contribution is 2.18. The molecule has 1 aromatic heterocycles. The van der Waals surface area contributed by atoms with Gasteiger partial charge in [0.1, 0.15) is 12.4 Å². The molecule has 0 spiro atoms. The first kappa shape index (κ1) is 26.5. The second kappa shape index (κ2) is 13.1. The number of imidazole rings is 1. The first-order valence-electron chi connectivity index (χ1n) is 13.0. The normalized spacial score (nSPS) is 11.1. The van der Waals surface area contributed by atoms with Gasteiger partial charge in [-0.2, -0.15) is 0 Å². The summed E-state index contributed by atoms with van der Waals surface area (Å²) in [5, 5.41) is 3.04. The Labute approximate surface area is 209 Å². The third-order valence-electron chi connectivity index (χ3n) is 6.36. The van der Waals surface area contributed by atoms with Crippen molar-refractivity contribution in [2.24, 2.45) is 0 Å². The molecule has 35 heavy (non-hydrogen) atoms. The van der Waals surface area contributed by atoms with Gasteiger partial charge in [0.25, 0.3) is 5.91 Å². The van der Waals surface area contributed by atoms with Gasteiger partial charge in [-0.25, -0.2) is 4.98 Å². The number of hydrogen-bond donors (Lipinski definition) is 1.